The van der Waals surface area contributed by atoms with Crippen LogP contribution < -0.4 is 0 Å². The minimum Gasteiger partial charge on any atom is -0.435 e. The summed E-state index contributed by atoms with van der Waals surface area (Å²) >= 11 is 1.77. The number of fused-ring (bicyclic) bond motifs is 7. The number of oxazole rings is 1. The van der Waals surface area contributed by atoms with Gasteiger partial charge in [-0.15, -0.1) is 11.3 Å². The fourth-order valence-electron chi connectivity index (χ4n) is 6.69. The van der Waals surface area contributed by atoms with Crippen LogP contribution in [0.4, 0.5) is 0 Å². The molecule has 234 valence electrons. The van der Waals surface area contributed by atoms with E-state index in [-0.39, 0.29) is 0 Å². The molecule has 0 N–H and O–H groups in total. The van der Waals surface area contributed by atoms with Crippen LogP contribution in [0.1, 0.15) is 0 Å². The Morgan fingerprint density at radius 2 is 0.900 bits per heavy atom. The molecular formula is C44H26N4OS. The van der Waals surface area contributed by atoms with Gasteiger partial charge >= 0.3 is 0 Å². The van der Waals surface area contributed by atoms with E-state index in [1.54, 1.807) is 11.3 Å². The molecule has 6 heteroatoms. The van der Waals surface area contributed by atoms with Crippen LogP contribution in [0.5, 0.6) is 0 Å². The van der Waals surface area contributed by atoms with Crippen LogP contribution in [0, 0.1) is 0 Å². The molecule has 3 heterocycles. The third kappa shape index (κ3) is 4.85. The highest BCUT2D eigenvalue weighted by Gasteiger charge is 2.19. The Hall–Kier alpha value is -6.50. The van der Waals surface area contributed by atoms with Crippen molar-refractivity contribution in [2.75, 3.05) is 0 Å². The highest BCUT2D eigenvalue weighted by molar-refractivity contribution is 7.26. The second kappa shape index (κ2) is 11.6. The molecule has 0 aliphatic rings. The SMILES string of the molecule is c1ccc(-c2ccc(-c3nc(-c4ccccc4)nc(-c4ccc5ccc6sc7ccc8nc(-c9ccccc9)oc8c7c6c5c4)n3)cc2)cc1. The van der Waals surface area contributed by atoms with E-state index in [0.29, 0.717) is 23.4 Å². The molecular weight excluding hydrogens is 633 g/mol. The molecule has 5 nitrogen and oxygen atoms in total. The van der Waals surface area contributed by atoms with E-state index in [4.69, 9.17) is 24.4 Å². The molecule has 0 fully saturated rings. The second-order valence-electron chi connectivity index (χ2n) is 12.3. The van der Waals surface area contributed by atoms with Gasteiger partial charge in [0.25, 0.3) is 0 Å². The number of benzene rings is 7. The molecule has 10 rings (SSSR count). The van der Waals surface area contributed by atoms with Gasteiger partial charge in [-0.25, -0.2) is 19.9 Å². The van der Waals surface area contributed by atoms with Gasteiger partial charge in [-0.3, -0.25) is 0 Å². The summed E-state index contributed by atoms with van der Waals surface area (Å²) in [5.41, 5.74) is 7.70. The van der Waals surface area contributed by atoms with Crippen LogP contribution in [0.15, 0.2) is 162 Å². The van der Waals surface area contributed by atoms with Gasteiger partial charge in [-0.05, 0) is 58.3 Å². The van der Waals surface area contributed by atoms with Crippen molar-refractivity contribution in [2.24, 2.45) is 0 Å². The first-order chi connectivity index (χ1) is 24.7. The van der Waals surface area contributed by atoms with Crippen LogP contribution >= 0.6 is 11.3 Å². The van der Waals surface area contributed by atoms with Crippen molar-refractivity contribution < 1.29 is 4.42 Å². The van der Waals surface area contributed by atoms with Crippen molar-refractivity contribution in [3.63, 3.8) is 0 Å². The van der Waals surface area contributed by atoms with Gasteiger partial charge in [0.2, 0.25) is 5.89 Å². The van der Waals surface area contributed by atoms with Crippen LogP contribution in [0.25, 0.3) is 98.8 Å². The molecule has 0 atom stereocenters. The van der Waals surface area contributed by atoms with Crippen molar-refractivity contribution in [1.29, 1.82) is 0 Å². The number of aromatic nitrogens is 4. The highest BCUT2D eigenvalue weighted by atomic mass is 32.1. The smallest absolute Gasteiger partial charge is 0.227 e. The van der Waals surface area contributed by atoms with Crippen molar-refractivity contribution in [1.82, 2.24) is 19.9 Å². The van der Waals surface area contributed by atoms with E-state index in [1.165, 1.54) is 10.3 Å². The molecule has 0 aliphatic carbocycles. The van der Waals surface area contributed by atoms with E-state index in [9.17, 15) is 0 Å². The van der Waals surface area contributed by atoms with Crippen LogP contribution in [0.2, 0.25) is 0 Å². The van der Waals surface area contributed by atoms with Crippen molar-refractivity contribution in [3.05, 3.63) is 158 Å². The maximum absolute atomic E-state index is 6.53. The first-order valence-electron chi connectivity index (χ1n) is 16.5. The number of nitrogens with zero attached hydrogens (tertiary/aromatic N) is 4. The molecule has 3 aromatic heterocycles. The predicted molar refractivity (Wildman–Crippen MR) is 205 cm³/mol. The monoisotopic (exact) mass is 658 g/mol. The minimum atomic E-state index is 0.621. The predicted octanol–water partition coefficient (Wildman–Crippen LogP) is 11.9. The summed E-state index contributed by atoms with van der Waals surface area (Å²) in [5.74, 6) is 2.50. The average molecular weight is 659 g/mol. The zero-order valence-corrected chi connectivity index (χ0v) is 27.4. The molecule has 50 heavy (non-hydrogen) atoms. The summed E-state index contributed by atoms with van der Waals surface area (Å²) in [5, 5.41) is 4.49. The van der Waals surface area contributed by atoms with Gasteiger partial charge in [0.05, 0.1) is 0 Å². The molecule has 0 bridgehead atoms. The van der Waals surface area contributed by atoms with E-state index in [2.05, 4.69) is 91.0 Å². The lowest BCUT2D eigenvalue weighted by atomic mass is 10.0. The lowest BCUT2D eigenvalue weighted by molar-refractivity contribution is 0.623. The third-order valence-corrected chi connectivity index (χ3v) is 10.3. The molecule has 0 unspecified atom stereocenters. The van der Waals surface area contributed by atoms with Gasteiger partial charge in [-0.1, -0.05) is 121 Å². The molecule has 0 spiro atoms. The highest BCUT2D eigenvalue weighted by Crippen LogP contribution is 2.43. The van der Waals surface area contributed by atoms with E-state index in [1.807, 2.05) is 66.7 Å². The van der Waals surface area contributed by atoms with E-state index < -0.39 is 0 Å². The summed E-state index contributed by atoms with van der Waals surface area (Å²) in [4.78, 5) is 20.0. The van der Waals surface area contributed by atoms with E-state index in [0.717, 1.165) is 65.2 Å². The van der Waals surface area contributed by atoms with Crippen molar-refractivity contribution in [3.8, 4) is 56.7 Å². The number of hydrogen-bond acceptors (Lipinski definition) is 6. The summed E-state index contributed by atoms with van der Waals surface area (Å²) in [6, 6.07) is 54.0. The molecule has 0 radical (unpaired) electrons. The summed E-state index contributed by atoms with van der Waals surface area (Å²) < 4.78 is 8.88. The maximum Gasteiger partial charge on any atom is 0.227 e. The quantitative estimate of drug-likeness (QED) is 0.184. The zero-order valence-electron chi connectivity index (χ0n) is 26.6. The largest absolute Gasteiger partial charge is 0.435 e. The molecule has 0 amide bonds. The topological polar surface area (TPSA) is 64.7 Å². The first kappa shape index (κ1) is 28.5. The maximum atomic E-state index is 6.53. The van der Waals surface area contributed by atoms with Crippen LogP contribution in [0.3, 0.4) is 0 Å². The van der Waals surface area contributed by atoms with Gasteiger partial charge in [0.1, 0.15) is 5.52 Å². The normalized spacial score (nSPS) is 11.6. The van der Waals surface area contributed by atoms with Gasteiger partial charge in [-0.2, -0.15) is 0 Å². The fourth-order valence-corrected chi connectivity index (χ4v) is 7.81. The molecule has 7 aromatic carbocycles. The standard InChI is InChI=1S/C44H26N4OS/c1-4-10-27(11-5-1)28-16-19-31(20-17-28)42-46-41(30-12-6-2-7-13-30)47-43(48-42)33-21-18-29-22-24-36-38(34(29)26-33)39-37(50-36)25-23-35-40(39)49-44(45-35)32-14-8-3-9-15-32/h1-26H. The summed E-state index contributed by atoms with van der Waals surface area (Å²) in [6.07, 6.45) is 0. The summed E-state index contributed by atoms with van der Waals surface area (Å²) in [7, 11) is 0. The Morgan fingerprint density at radius 1 is 0.400 bits per heavy atom. The lowest BCUT2D eigenvalue weighted by Gasteiger charge is -2.10. The third-order valence-electron chi connectivity index (χ3n) is 9.17. The molecule has 0 saturated carbocycles. The Labute approximate surface area is 291 Å². The van der Waals surface area contributed by atoms with E-state index >= 15 is 0 Å². The van der Waals surface area contributed by atoms with Crippen molar-refractivity contribution >= 4 is 53.4 Å². The Morgan fingerprint density at radius 3 is 1.60 bits per heavy atom. The number of thiophene rings is 1. The second-order valence-corrected chi connectivity index (χ2v) is 13.3. The van der Waals surface area contributed by atoms with Crippen molar-refractivity contribution in [2.45, 2.75) is 0 Å². The number of hydrogen-bond donors (Lipinski definition) is 0. The Balaban J connectivity index is 1.16. The van der Waals surface area contributed by atoms with Gasteiger partial charge in [0.15, 0.2) is 23.1 Å². The first-order valence-corrected chi connectivity index (χ1v) is 17.3. The lowest BCUT2D eigenvalue weighted by Crippen LogP contribution is -2.00. The van der Waals surface area contributed by atoms with Gasteiger partial charge < -0.3 is 4.42 Å². The molecule has 0 saturated heterocycles. The number of rotatable bonds is 5. The Kier molecular flexibility index (Phi) is 6.60. The zero-order chi connectivity index (χ0) is 33.0. The van der Waals surface area contributed by atoms with Crippen LogP contribution in [-0.2, 0) is 0 Å². The van der Waals surface area contributed by atoms with Crippen LogP contribution in [-0.4, -0.2) is 19.9 Å². The summed E-state index contributed by atoms with van der Waals surface area (Å²) in [6.45, 7) is 0. The minimum absolute atomic E-state index is 0.621. The molecule has 10 aromatic rings. The molecule has 0 aliphatic heterocycles. The Bertz CT molecular complexity index is 2850. The van der Waals surface area contributed by atoms with Gasteiger partial charge in [0, 0.05) is 42.4 Å². The average Bonchev–Trinajstić information content (AvgIpc) is 3.81. The fraction of sp³-hybridized carbons (Fsp3) is 0.